The lowest BCUT2D eigenvalue weighted by Gasteiger charge is -2.26. The molecule has 120 valence electrons. The molecule has 1 saturated heterocycles. The molecule has 1 amide bonds. The molecule has 0 aliphatic carbocycles. The number of rotatable bonds is 4. The minimum atomic E-state index is -0.374. The second-order valence-electron chi connectivity index (χ2n) is 4.82. The monoisotopic (exact) mass is 378 g/mol. The molecule has 1 N–H and O–H groups in total. The Bertz CT molecular complexity index is 696. The molecule has 23 heavy (non-hydrogen) atoms. The predicted octanol–water partition coefficient (Wildman–Crippen LogP) is 2.04. The van der Waals surface area contributed by atoms with Crippen molar-refractivity contribution in [3.63, 3.8) is 0 Å². The Balaban J connectivity index is 1.63. The molecule has 2 aromatic heterocycles. The first-order chi connectivity index (χ1) is 11.2. The summed E-state index contributed by atoms with van der Waals surface area (Å²) in [6.07, 6.45) is 3.01. The number of pyridine rings is 1. The lowest BCUT2D eigenvalue weighted by atomic mass is 10.3. The maximum absolute atomic E-state index is 11.8. The van der Waals surface area contributed by atoms with Gasteiger partial charge in [0.2, 0.25) is 5.88 Å². The van der Waals surface area contributed by atoms with Crippen molar-refractivity contribution in [2.75, 3.05) is 31.2 Å². The highest BCUT2D eigenvalue weighted by Crippen LogP contribution is 2.30. The van der Waals surface area contributed by atoms with E-state index in [1.807, 2.05) is 0 Å². The molecule has 1 fully saturated rings. The molecule has 0 aromatic carbocycles. The Morgan fingerprint density at radius 3 is 2.96 bits per heavy atom. The summed E-state index contributed by atoms with van der Waals surface area (Å²) in [4.78, 5) is 17.8. The first kappa shape index (κ1) is 15.7. The summed E-state index contributed by atoms with van der Waals surface area (Å²) in [6.45, 7) is 2.91. The van der Waals surface area contributed by atoms with Gasteiger partial charge in [-0.1, -0.05) is 6.07 Å². The third kappa shape index (κ3) is 3.96. The average molecular weight is 379 g/mol. The minimum absolute atomic E-state index is 0.305. The van der Waals surface area contributed by atoms with Gasteiger partial charge in [0.15, 0.2) is 5.76 Å². The fourth-order valence-corrected chi connectivity index (χ4v) is 2.69. The number of halogens is 1. The molecular weight excluding hydrogens is 364 g/mol. The SMILES string of the molecule is O=C(N/N=C\c1cc(Br)c(N2CCOCC2)o1)c1ccccn1. The normalized spacial score (nSPS) is 15.1. The van der Waals surface area contributed by atoms with E-state index in [0.29, 0.717) is 24.7 Å². The first-order valence-electron chi connectivity index (χ1n) is 7.10. The van der Waals surface area contributed by atoms with E-state index in [9.17, 15) is 4.79 Å². The van der Waals surface area contributed by atoms with Gasteiger partial charge in [0.25, 0.3) is 5.91 Å². The van der Waals surface area contributed by atoms with Crippen LogP contribution in [-0.4, -0.2) is 43.4 Å². The number of aromatic nitrogens is 1. The number of furan rings is 1. The molecule has 3 heterocycles. The van der Waals surface area contributed by atoms with E-state index in [1.165, 1.54) is 6.21 Å². The van der Waals surface area contributed by atoms with Crippen molar-refractivity contribution in [2.24, 2.45) is 5.10 Å². The van der Waals surface area contributed by atoms with Crippen LogP contribution in [0.15, 0.2) is 44.5 Å². The van der Waals surface area contributed by atoms with Crippen LogP contribution in [0.3, 0.4) is 0 Å². The van der Waals surface area contributed by atoms with Crippen LogP contribution in [0.25, 0.3) is 0 Å². The Morgan fingerprint density at radius 1 is 1.39 bits per heavy atom. The van der Waals surface area contributed by atoms with E-state index >= 15 is 0 Å². The molecule has 0 saturated carbocycles. The van der Waals surface area contributed by atoms with Gasteiger partial charge in [-0.05, 0) is 28.1 Å². The topological polar surface area (TPSA) is 80.0 Å². The van der Waals surface area contributed by atoms with Crippen molar-refractivity contribution in [1.29, 1.82) is 0 Å². The molecule has 1 aliphatic rings. The number of nitrogens with zero attached hydrogens (tertiary/aromatic N) is 3. The van der Waals surface area contributed by atoms with Crippen LogP contribution < -0.4 is 10.3 Å². The third-order valence-corrected chi connectivity index (χ3v) is 3.81. The summed E-state index contributed by atoms with van der Waals surface area (Å²) in [6, 6.07) is 6.91. The highest BCUT2D eigenvalue weighted by atomic mass is 79.9. The van der Waals surface area contributed by atoms with E-state index in [0.717, 1.165) is 23.4 Å². The molecule has 0 radical (unpaired) electrons. The molecular formula is C15H15BrN4O3. The number of morpholine rings is 1. The highest BCUT2D eigenvalue weighted by molar-refractivity contribution is 9.10. The zero-order valence-electron chi connectivity index (χ0n) is 12.2. The number of hydrazone groups is 1. The van der Waals surface area contributed by atoms with Crippen LogP contribution in [0.4, 0.5) is 5.88 Å². The van der Waals surface area contributed by atoms with Gasteiger partial charge >= 0.3 is 0 Å². The largest absolute Gasteiger partial charge is 0.438 e. The summed E-state index contributed by atoms with van der Waals surface area (Å²) >= 11 is 3.47. The molecule has 0 atom stereocenters. The fraction of sp³-hybridized carbons (Fsp3) is 0.267. The Morgan fingerprint density at radius 2 is 2.22 bits per heavy atom. The smallest absolute Gasteiger partial charge is 0.289 e. The molecule has 0 bridgehead atoms. The predicted molar refractivity (Wildman–Crippen MR) is 88.7 cm³/mol. The molecule has 0 spiro atoms. The summed E-state index contributed by atoms with van der Waals surface area (Å²) < 4.78 is 11.9. The molecule has 1 aliphatic heterocycles. The van der Waals surface area contributed by atoms with Crippen LogP contribution >= 0.6 is 15.9 Å². The quantitative estimate of drug-likeness (QED) is 0.650. The Hall–Kier alpha value is -2.19. The maximum Gasteiger partial charge on any atom is 0.289 e. The Kier molecular flexibility index (Phi) is 5.04. The van der Waals surface area contributed by atoms with Gasteiger partial charge < -0.3 is 14.1 Å². The highest BCUT2D eigenvalue weighted by Gasteiger charge is 2.18. The standard InChI is InChI=1S/C15H15BrN4O3/c16-12-9-11(23-15(12)20-5-7-22-8-6-20)10-18-19-14(21)13-3-1-2-4-17-13/h1-4,9-10H,5-8H2,(H,19,21)/b18-10-. The van der Waals surface area contributed by atoms with Gasteiger partial charge in [-0.3, -0.25) is 9.78 Å². The number of carbonyl (C=O) groups is 1. The van der Waals surface area contributed by atoms with Gasteiger partial charge in [-0.2, -0.15) is 5.10 Å². The van der Waals surface area contributed by atoms with Gasteiger partial charge in [0, 0.05) is 25.4 Å². The molecule has 8 heteroatoms. The molecule has 3 rings (SSSR count). The van der Waals surface area contributed by atoms with E-state index in [4.69, 9.17) is 9.15 Å². The van der Waals surface area contributed by atoms with Crippen molar-refractivity contribution in [3.8, 4) is 0 Å². The van der Waals surface area contributed by atoms with Crippen molar-refractivity contribution < 1.29 is 13.9 Å². The van der Waals surface area contributed by atoms with Crippen molar-refractivity contribution in [3.05, 3.63) is 46.4 Å². The zero-order chi connectivity index (χ0) is 16.1. The van der Waals surface area contributed by atoms with Crippen LogP contribution in [0, 0.1) is 0 Å². The molecule has 7 nitrogen and oxygen atoms in total. The summed E-state index contributed by atoms with van der Waals surface area (Å²) in [5.41, 5.74) is 2.72. The second-order valence-corrected chi connectivity index (χ2v) is 5.67. The van der Waals surface area contributed by atoms with Crippen LogP contribution in [0.5, 0.6) is 0 Å². The van der Waals surface area contributed by atoms with E-state index in [1.54, 1.807) is 30.5 Å². The van der Waals surface area contributed by atoms with Crippen molar-refractivity contribution >= 4 is 33.9 Å². The van der Waals surface area contributed by atoms with Crippen LogP contribution in [0.2, 0.25) is 0 Å². The number of hydrogen-bond donors (Lipinski definition) is 1. The van der Waals surface area contributed by atoms with E-state index in [-0.39, 0.29) is 5.91 Å². The first-order valence-corrected chi connectivity index (χ1v) is 7.90. The van der Waals surface area contributed by atoms with Crippen LogP contribution in [0.1, 0.15) is 16.2 Å². The third-order valence-electron chi connectivity index (χ3n) is 3.24. The minimum Gasteiger partial charge on any atom is -0.438 e. The Labute approximate surface area is 141 Å². The number of hydrogen-bond acceptors (Lipinski definition) is 6. The van der Waals surface area contributed by atoms with Crippen LogP contribution in [-0.2, 0) is 4.74 Å². The number of nitrogens with one attached hydrogen (secondary N) is 1. The number of ether oxygens (including phenoxy) is 1. The maximum atomic E-state index is 11.8. The number of carbonyl (C=O) groups excluding carboxylic acids is 1. The number of anilines is 1. The summed E-state index contributed by atoms with van der Waals surface area (Å²) in [5.74, 6) is 0.909. The van der Waals surface area contributed by atoms with Crippen molar-refractivity contribution in [1.82, 2.24) is 10.4 Å². The molecule has 2 aromatic rings. The zero-order valence-corrected chi connectivity index (χ0v) is 13.8. The van der Waals surface area contributed by atoms with Crippen molar-refractivity contribution in [2.45, 2.75) is 0 Å². The molecule has 0 unspecified atom stereocenters. The van der Waals surface area contributed by atoms with Gasteiger partial charge in [0.05, 0.1) is 23.9 Å². The van der Waals surface area contributed by atoms with Gasteiger partial charge in [-0.25, -0.2) is 5.43 Å². The fourth-order valence-electron chi connectivity index (χ4n) is 2.13. The lowest BCUT2D eigenvalue weighted by molar-refractivity contribution is 0.0950. The van der Waals surface area contributed by atoms with E-state index in [2.05, 4.69) is 36.3 Å². The average Bonchev–Trinajstić information content (AvgIpc) is 2.97. The number of amides is 1. The lowest BCUT2D eigenvalue weighted by Crippen LogP contribution is -2.36. The summed E-state index contributed by atoms with van der Waals surface area (Å²) in [5, 5.41) is 3.90. The van der Waals surface area contributed by atoms with Gasteiger partial charge in [-0.15, -0.1) is 0 Å². The summed E-state index contributed by atoms with van der Waals surface area (Å²) in [7, 11) is 0. The van der Waals surface area contributed by atoms with E-state index < -0.39 is 0 Å². The van der Waals surface area contributed by atoms with Gasteiger partial charge in [0.1, 0.15) is 5.69 Å². The second kappa shape index (κ2) is 7.38.